The van der Waals surface area contributed by atoms with E-state index in [4.69, 9.17) is 5.73 Å². The summed E-state index contributed by atoms with van der Waals surface area (Å²) in [5.74, 6) is -0.157. The summed E-state index contributed by atoms with van der Waals surface area (Å²) >= 11 is 0. The van der Waals surface area contributed by atoms with Crippen molar-refractivity contribution >= 4 is 18.3 Å². The molecule has 0 aliphatic heterocycles. The number of hydrogen-bond acceptors (Lipinski definition) is 2. The van der Waals surface area contributed by atoms with Gasteiger partial charge in [0.15, 0.2) is 0 Å². The summed E-state index contributed by atoms with van der Waals surface area (Å²) in [4.78, 5) is 11.8. The lowest BCUT2D eigenvalue weighted by Gasteiger charge is -2.20. The molecule has 18 heavy (non-hydrogen) atoms. The van der Waals surface area contributed by atoms with Crippen LogP contribution in [0.5, 0.6) is 0 Å². The van der Waals surface area contributed by atoms with E-state index < -0.39 is 0 Å². The molecule has 0 aliphatic carbocycles. The van der Waals surface area contributed by atoms with Crippen LogP contribution in [0.2, 0.25) is 0 Å². The van der Waals surface area contributed by atoms with E-state index in [0.29, 0.717) is 0 Å². The van der Waals surface area contributed by atoms with Gasteiger partial charge in [0.05, 0.1) is 6.04 Å². The molecule has 0 saturated heterocycles. The van der Waals surface area contributed by atoms with E-state index in [0.717, 1.165) is 5.56 Å². The fraction of sp³-hybridized carbons (Fsp3) is 0.500. The van der Waals surface area contributed by atoms with E-state index in [2.05, 4.69) is 5.32 Å². The summed E-state index contributed by atoms with van der Waals surface area (Å²) in [7, 11) is 0. The third-order valence-corrected chi connectivity index (χ3v) is 3.14. The second-order valence-electron chi connectivity index (χ2n) is 4.79. The number of benzene rings is 1. The molecule has 1 aromatic carbocycles. The van der Waals surface area contributed by atoms with E-state index in [1.54, 1.807) is 0 Å². The molecule has 1 aromatic rings. The smallest absolute Gasteiger partial charge is 0.224 e. The van der Waals surface area contributed by atoms with Crippen LogP contribution in [-0.4, -0.2) is 11.9 Å². The maximum absolute atomic E-state index is 11.8. The average Bonchev–Trinajstić information content (AvgIpc) is 2.28. The van der Waals surface area contributed by atoms with Crippen molar-refractivity contribution in [1.29, 1.82) is 0 Å². The van der Waals surface area contributed by atoms with Crippen molar-refractivity contribution in [2.24, 2.45) is 11.7 Å². The lowest BCUT2D eigenvalue weighted by Crippen LogP contribution is -2.39. The fourth-order valence-electron chi connectivity index (χ4n) is 1.52. The van der Waals surface area contributed by atoms with Crippen molar-refractivity contribution in [2.75, 3.05) is 0 Å². The third kappa shape index (κ3) is 4.67. The van der Waals surface area contributed by atoms with Gasteiger partial charge in [-0.3, -0.25) is 4.79 Å². The molecule has 0 spiro atoms. The van der Waals surface area contributed by atoms with Gasteiger partial charge in [-0.15, -0.1) is 12.4 Å². The average molecular weight is 271 g/mol. The molecule has 3 atom stereocenters. The molecule has 3 unspecified atom stereocenters. The SMILES string of the molecule is Cc1ccc(C(C)NC(=O)C(C)C(C)N)cc1.Cl. The maximum atomic E-state index is 11.8. The number of carbonyl (C=O) groups is 1. The first-order valence-electron chi connectivity index (χ1n) is 6.04. The Kier molecular flexibility index (Phi) is 6.96. The molecular formula is C14H23ClN2O. The molecule has 0 aliphatic rings. The van der Waals surface area contributed by atoms with Crippen molar-refractivity contribution in [3.05, 3.63) is 35.4 Å². The molecule has 0 heterocycles. The first-order valence-corrected chi connectivity index (χ1v) is 6.04. The van der Waals surface area contributed by atoms with Gasteiger partial charge in [-0.2, -0.15) is 0 Å². The number of hydrogen-bond donors (Lipinski definition) is 2. The largest absolute Gasteiger partial charge is 0.349 e. The highest BCUT2D eigenvalue weighted by molar-refractivity contribution is 5.85. The van der Waals surface area contributed by atoms with Crippen LogP contribution in [0.1, 0.15) is 37.9 Å². The first kappa shape index (κ1) is 16.9. The van der Waals surface area contributed by atoms with Crippen LogP contribution in [0.15, 0.2) is 24.3 Å². The fourth-order valence-corrected chi connectivity index (χ4v) is 1.52. The summed E-state index contributed by atoms with van der Waals surface area (Å²) in [6.07, 6.45) is 0. The Morgan fingerprint density at radius 3 is 2.11 bits per heavy atom. The summed E-state index contributed by atoms with van der Waals surface area (Å²) in [5.41, 5.74) is 8.04. The van der Waals surface area contributed by atoms with E-state index in [9.17, 15) is 4.79 Å². The second kappa shape index (κ2) is 7.39. The molecule has 102 valence electrons. The molecular weight excluding hydrogens is 248 g/mol. The highest BCUT2D eigenvalue weighted by atomic mass is 35.5. The van der Waals surface area contributed by atoms with E-state index in [1.807, 2.05) is 52.0 Å². The quantitative estimate of drug-likeness (QED) is 0.884. The lowest BCUT2D eigenvalue weighted by molar-refractivity contribution is -0.125. The van der Waals surface area contributed by atoms with Gasteiger partial charge in [0, 0.05) is 12.0 Å². The van der Waals surface area contributed by atoms with Crippen LogP contribution in [0.25, 0.3) is 0 Å². The maximum Gasteiger partial charge on any atom is 0.224 e. The van der Waals surface area contributed by atoms with Crippen LogP contribution in [-0.2, 0) is 4.79 Å². The summed E-state index contributed by atoms with van der Waals surface area (Å²) in [6.45, 7) is 7.73. The number of rotatable bonds is 4. The zero-order chi connectivity index (χ0) is 13.0. The summed E-state index contributed by atoms with van der Waals surface area (Å²) in [6, 6.07) is 8.07. The molecule has 0 bridgehead atoms. The Hall–Kier alpha value is -1.06. The minimum atomic E-state index is -0.164. The number of amides is 1. The predicted molar refractivity (Wildman–Crippen MR) is 77.8 cm³/mol. The molecule has 1 amide bonds. The number of halogens is 1. The Bertz CT molecular complexity index is 376. The predicted octanol–water partition coefficient (Wildman–Crippen LogP) is 2.58. The van der Waals surface area contributed by atoms with Gasteiger partial charge in [-0.1, -0.05) is 36.8 Å². The van der Waals surface area contributed by atoms with Crippen molar-refractivity contribution < 1.29 is 4.79 Å². The molecule has 4 heteroatoms. The number of nitrogens with one attached hydrogen (secondary N) is 1. The lowest BCUT2D eigenvalue weighted by atomic mass is 10.0. The van der Waals surface area contributed by atoms with Crippen molar-refractivity contribution in [3.8, 4) is 0 Å². The zero-order valence-electron chi connectivity index (χ0n) is 11.4. The Balaban J connectivity index is 0.00000289. The minimum Gasteiger partial charge on any atom is -0.349 e. The topological polar surface area (TPSA) is 55.1 Å². The Labute approximate surface area is 116 Å². The summed E-state index contributed by atoms with van der Waals surface area (Å²) in [5, 5.41) is 2.98. The third-order valence-electron chi connectivity index (χ3n) is 3.14. The van der Waals surface area contributed by atoms with E-state index in [-0.39, 0.29) is 36.3 Å². The molecule has 0 radical (unpaired) electrons. The molecule has 0 fully saturated rings. The second-order valence-corrected chi connectivity index (χ2v) is 4.79. The number of nitrogens with two attached hydrogens (primary N) is 1. The molecule has 0 saturated carbocycles. The van der Waals surface area contributed by atoms with Crippen LogP contribution in [0.3, 0.4) is 0 Å². The highest BCUT2D eigenvalue weighted by Crippen LogP contribution is 2.14. The van der Waals surface area contributed by atoms with Gasteiger partial charge in [-0.05, 0) is 26.3 Å². The van der Waals surface area contributed by atoms with Crippen molar-refractivity contribution in [1.82, 2.24) is 5.32 Å². The van der Waals surface area contributed by atoms with Gasteiger partial charge in [0.2, 0.25) is 5.91 Å². The molecule has 3 N–H and O–H groups in total. The molecule has 1 rings (SSSR count). The monoisotopic (exact) mass is 270 g/mol. The van der Waals surface area contributed by atoms with Crippen LogP contribution in [0, 0.1) is 12.8 Å². The Morgan fingerprint density at radius 1 is 1.17 bits per heavy atom. The van der Waals surface area contributed by atoms with E-state index in [1.165, 1.54) is 5.56 Å². The van der Waals surface area contributed by atoms with Gasteiger partial charge in [-0.25, -0.2) is 0 Å². The van der Waals surface area contributed by atoms with Crippen molar-refractivity contribution in [3.63, 3.8) is 0 Å². The van der Waals surface area contributed by atoms with Gasteiger partial charge >= 0.3 is 0 Å². The minimum absolute atomic E-state index is 0. The zero-order valence-corrected chi connectivity index (χ0v) is 12.3. The molecule has 0 aromatic heterocycles. The normalized spacial score (nSPS) is 15.2. The van der Waals surface area contributed by atoms with Crippen LogP contribution >= 0.6 is 12.4 Å². The first-order chi connectivity index (χ1) is 7.91. The standard InChI is InChI=1S/C14H22N2O.ClH/c1-9-5-7-13(8-6-9)12(4)16-14(17)10(2)11(3)15;/h5-8,10-12H,15H2,1-4H3,(H,16,17);1H. The van der Waals surface area contributed by atoms with Crippen molar-refractivity contribution in [2.45, 2.75) is 39.8 Å². The van der Waals surface area contributed by atoms with Gasteiger partial charge in [0.25, 0.3) is 0 Å². The molecule has 3 nitrogen and oxygen atoms in total. The van der Waals surface area contributed by atoms with Crippen LogP contribution in [0.4, 0.5) is 0 Å². The van der Waals surface area contributed by atoms with E-state index >= 15 is 0 Å². The van der Waals surface area contributed by atoms with Gasteiger partial charge < -0.3 is 11.1 Å². The number of aryl methyl sites for hydroxylation is 1. The number of carbonyl (C=O) groups excluding carboxylic acids is 1. The van der Waals surface area contributed by atoms with Crippen LogP contribution < -0.4 is 11.1 Å². The Morgan fingerprint density at radius 2 is 1.67 bits per heavy atom. The summed E-state index contributed by atoms with van der Waals surface area (Å²) < 4.78 is 0. The highest BCUT2D eigenvalue weighted by Gasteiger charge is 2.19. The van der Waals surface area contributed by atoms with Gasteiger partial charge in [0.1, 0.15) is 0 Å².